The Morgan fingerprint density at radius 3 is 2.59 bits per heavy atom. The molecular formula is C17H27N3O2. The van der Waals surface area contributed by atoms with E-state index >= 15 is 0 Å². The molecule has 0 radical (unpaired) electrons. The van der Waals surface area contributed by atoms with Crippen LogP contribution in [0, 0.1) is 6.92 Å². The summed E-state index contributed by atoms with van der Waals surface area (Å²) in [5.74, 6) is 0.0198. The molecule has 2 heterocycles. The maximum atomic E-state index is 12.9. The van der Waals surface area contributed by atoms with E-state index in [0.29, 0.717) is 11.6 Å². The zero-order valence-corrected chi connectivity index (χ0v) is 13.9. The molecule has 3 rings (SSSR count). The summed E-state index contributed by atoms with van der Waals surface area (Å²) in [6.07, 6.45) is 8.36. The van der Waals surface area contributed by atoms with Gasteiger partial charge in [0.15, 0.2) is 0 Å². The van der Waals surface area contributed by atoms with Crippen LogP contribution in [-0.2, 0) is 0 Å². The quantitative estimate of drug-likeness (QED) is 0.934. The van der Waals surface area contributed by atoms with Gasteiger partial charge in [0.25, 0.3) is 5.91 Å². The highest BCUT2D eigenvalue weighted by Gasteiger charge is 2.39. The molecule has 1 aromatic rings. The van der Waals surface area contributed by atoms with Crippen molar-refractivity contribution in [3.8, 4) is 0 Å². The van der Waals surface area contributed by atoms with Crippen LogP contribution in [-0.4, -0.2) is 43.9 Å². The first-order valence-corrected chi connectivity index (χ1v) is 8.47. The Hall–Kier alpha value is -1.36. The Morgan fingerprint density at radius 2 is 1.95 bits per heavy atom. The second-order valence-corrected chi connectivity index (χ2v) is 7.34. The predicted molar refractivity (Wildman–Crippen MR) is 84.8 cm³/mol. The van der Waals surface area contributed by atoms with Crippen molar-refractivity contribution in [3.05, 3.63) is 17.5 Å². The van der Waals surface area contributed by atoms with E-state index < -0.39 is 5.60 Å². The molecule has 1 N–H and O–H groups in total. The summed E-state index contributed by atoms with van der Waals surface area (Å²) in [4.78, 5) is 14.8. The molecule has 22 heavy (non-hydrogen) atoms. The molecular weight excluding hydrogens is 278 g/mol. The lowest BCUT2D eigenvalue weighted by molar-refractivity contribution is 0.000294. The summed E-state index contributed by atoms with van der Waals surface area (Å²) in [7, 11) is 0. The van der Waals surface area contributed by atoms with Gasteiger partial charge in [-0.2, -0.15) is 5.10 Å². The maximum absolute atomic E-state index is 12.9. The summed E-state index contributed by atoms with van der Waals surface area (Å²) in [6, 6.07) is 0.347. The van der Waals surface area contributed by atoms with Gasteiger partial charge in [-0.15, -0.1) is 0 Å². The van der Waals surface area contributed by atoms with E-state index in [-0.39, 0.29) is 11.9 Å². The van der Waals surface area contributed by atoms with Crippen molar-refractivity contribution in [2.24, 2.45) is 0 Å². The number of carbonyl (C=O) groups is 1. The van der Waals surface area contributed by atoms with Gasteiger partial charge < -0.3 is 10.0 Å². The van der Waals surface area contributed by atoms with Gasteiger partial charge in [-0.05, 0) is 46.5 Å². The van der Waals surface area contributed by atoms with Crippen molar-refractivity contribution in [1.29, 1.82) is 0 Å². The van der Waals surface area contributed by atoms with Crippen LogP contribution in [0.25, 0.3) is 0 Å². The lowest BCUT2D eigenvalue weighted by Crippen LogP contribution is -2.48. The fourth-order valence-corrected chi connectivity index (χ4v) is 4.05. The Balaban J connectivity index is 1.83. The molecule has 5 heteroatoms. The average Bonchev–Trinajstić information content (AvgIpc) is 3.17. The summed E-state index contributed by atoms with van der Waals surface area (Å²) >= 11 is 0. The zero-order valence-electron chi connectivity index (χ0n) is 13.9. The van der Waals surface area contributed by atoms with Crippen LogP contribution in [0.15, 0.2) is 6.20 Å². The van der Waals surface area contributed by atoms with Crippen LogP contribution in [0.5, 0.6) is 0 Å². The SMILES string of the molecule is Cc1c(C(=O)N2CCCC2C(C)(C)O)cnn1C1CCCC1. The lowest BCUT2D eigenvalue weighted by atomic mass is 9.96. The smallest absolute Gasteiger partial charge is 0.257 e. The normalized spacial score (nSPS) is 23.5. The topological polar surface area (TPSA) is 58.4 Å². The molecule has 1 amide bonds. The Bertz CT molecular complexity index is 553. The van der Waals surface area contributed by atoms with Gasteiger partial charge in [0.1, 0.15) is 0 Å². The molecule has 5 nitrogen and oxygen atoms in total. The first-order chi connectivity index (χ1) is 10.4. The van der Waals surface area contributed by atoms with Crippen molar-refractivity contribution in [1.82, 2.24) is 14.7 Å². The minimum absolute atomic E-state index is 0.0198. The number of hydrogen-bond donors (Lipinski definition) is 1. The van der Waals surface area contributed by atoms with E-state index in [4.69, 9.17) is 0 Å². The molecule has 1 saturated carbocycles. The summed E-state index contributed by atoms with van der Waals surface area (Å²) in [5, 5.41) is 14.8. The van der Waals surface area contributed by atoms with Gasteiger partial charge in [0.2, 0.25) is 0 Å². The lowest BCUT2D eigenvalue weighted by Gasteiger charge is -2.33. The summed E-state index contributed by atoms with van der Waals surface area (Å²) in [6.45, 7) is 6.30. The van der Waals surface area contributed by atoms with Crippen LogP contribution < -0.4 is 0 Å². The number of nitrogens with zero attached hydrogens (tertiary/aromatic N) is 3. The van der Waals surface area contributed by atoms with E-state index in [0.717, 1.165) is 37.9 Å². The van der Waals surface area contributed by atoms with Crippen LogP contribution in [0.1, 0.15) is 74.5 Å². The van der Waals surface area contributed by atoms with Crippen molar-refractivity contribution in [2.45, 2.75) is 77.0 Å². The second kappa shape index (κ2) is 5.69. The van der Waals surface area contributed by atoms with Crippen LogP contribution >= 0.6 is 0 Å². The molecule has 122 valence electrons. The maximum Gasteiger partial charge on any atom is 0.257 e. The highest BCUT2D eigenvalue weighted by atomic mass is 16.3. The summed E-state index contributed by atoms with van der Waals surface area (Å²) < 4.78 is 2.04. The molecule has 0 spiro atoms. The van der Waals surface area contributed by atoms with Gasteiger partial charge in [0.05, 0.1) is 29.4 Å². The molecule has 2 aliphatic rings. The number of carbonyl (C=O) groups excluding carboxylic acids is 1. The van der Waals surface area contributed by atoms with Gasteiger partial charge in [-0.25, -0.2) is 0 Å². The molecule has 0 aromatic carbocycles. The predicted octanol–water partition coefficient (Wildman–Crippen LogP) is 2.68. The first-order valence-electron chi connectivity index (χ1n) is 8.47. The van der Waals surface area contributed by atoms with Gasteiger partial charge in [0, 0.05) is 12.2 Å². The fourth-order valence-electron chi connectivity index (χ4n) is 4.05. The largest absolute Gasteiger partial charge is 0.388 e. The molecule has 1 aliphatic carbocycles. The van der Waals surface area contributed by atoms with Crippen LogP contribution in [0.4, 0.5) is 0 Å². The molecule has 2 fully saturated rings. The minimum atomic E-state index is -0.860. The number of aromatic nitrogens is 2. The Kier molecular flexibility index (Phi) is 4.02. The van der Waals surface area contributed by atoms with Gasteiger partial charge in [-0.3, -0.25) is 9.48 Å². The van der Waals surface area contributed by atoms with E-state index in [1.54, 1.807) is 20.0 Å². The molecule has 1 atom stereocenters. The zero-order chi connectivity index (χ0) is 15.9. The first kappa shape index (κ1) is 15.5. The van der Waals surface area contributed by atoms with Gasteiger partial charge >= 0.3 is 0 Å². The third kappa shape index (κ3) is 2.67. The highest BCUT2D eigenvalue weighted by Crippen LogP contribution is 2.32. The Labute approximate surface area is 132 Å². The molecule has 1 saturated heterocycles. The number of likely N-dealkylation sites (tertiary alicyclic amines) is 1. The third-order valence-corrected chi connectivity index (χ3v) is 5.27. The number of hydrogen-bond acceptors (Lipinski definition) is 3. The Morgan fingerprint density at radius 1 is 1.27 bits per heavy atom. The average molecular weight is 305 g/mol. The van der Waals surface area contributed by atoms with Gasteiger partial charge in [-0.1, -0.05) is 12.8 Å². The van der Waals surface area contributed by atoms with Crippen molar-refractivity contribution < 1.29 is 9.90 Å². The monoisotopic (exact) mass is 305 g/mol. The van der Waals surface area contributed by atoms with E-state index in [1.807, 2.05) is 16.5 Å². The van der Waals surface area contributed by atoms with Crippen molar-refractivity contribution in [2.75, 3.05) is 6.54 Å². The summed E-state index contributed by atoms with van der Waals surface area (Å²) in [5.41, 5.74) is 0.808. The molecule has 1 aliphatic heterocycles. The molecule has 0 bridgehead atoms. The minimum Gasteiger partial charge on any atom is -0.388 e. The van der Waals surface area contributed by atoms with Crippen molar-refractivity contribution >= 4 is 5.91 Å². The molecule has 1 unspecified atom stereocenters. The van der Waals surface area contributed by atoms with Crippen LogP contribution in [0.2, 0.25) is 0 Å². The van der Waals surface area contributed by atoms with E-state index in [1.165, 1.54) is 12.8 Å². The highest BCUT2D eigenvalue weighted by molar-refractivity contribution is 5.95. The third-order valence-electron chi connectivity index (χ3n) is 5.27. The van der Waals surface area contributed by atoms with Crippen molar-refractivity contribution in [3.63, 3.8) is 0 Å². The number of aliphatic hydroxyl groups is 1. The van der Waals surface area contributed by atoms with E-state index in [9.17, 15) is 9.90 Å². The van der Waals surface area contributed by atoms with E-state index in [2.05, 4.69) is 5.10 Å². The van der Waals surface area contributed by atoms with Crippen LogP contribution in [0.3, 0.4) is 0 Å². The number of rotatable bonds is 3. The second-order valence-electron chi connectivity index (χ2n) is 7.34. The fraction of sp³-hybridized carbons (Fsp3) is 0.765. The standard InChI is InChI=1S/C17H27N3O2/c1-12-14(11-18-20(12)13-7-4-5-8-13)16(21)19-10-6-9-15(19)17(2,3)22/h11,13,15,22H,4-10H2,1-3H3. The number of amides is 1. The molecule has 1 aromatic heterocycles.